The predicted octanol–water partition coefficient (Wildman–Crippen LogP) is 1.21. The quantitative estimate of drug-likeness (QED) is 0.708. The summed E-state index contributed by atoms with van der Waals surface area (Å²) in [7, 11) is -2.65. The van der Waals surface area contributed by atoms with Gasteiger partial charge in [0.25, 0.3) is 10.0 Å². The van der Waals surface area contributed by atoms with Crippen molar-refractivity contribution in [1.29, 1.82) is 0 Å². The van der Waals surface area contributed by atoms with Gasteiger partial charge < -0.3 is 5.73 Å². The summed E-state index contributed by atoms with van der Waals surface area (Å²) in [5.74, 6) is -0.779. The van der Waals surface area contributed by atoms with Gasteiger partial charge in [-0.2, -0.15) is 0 Å². The molecule has 1 aromatic carbocycles. The monoisotopic (exact) mass is 355 g/mol. The minimum Gasteiger partial charge on any atom is -0.366 e. The molecular formula is C16H25N3O4S. The van der Waals surface area contributed by atoms with Crippen LogP contribution >= 0.6 is 0 Å². The summed E-state index contributed by atoms with van der Waals surface area (Å²) in [6, 6.07) is 6.03. The van der Waals surface area contributed by atoms with Gasteiger partial charge in [0.1, 0.15) is 0 Å². The molecule has 2 N–H and O–H groups in total. The summed E-state index contributed by atoms with van der Waals surface area (Å²) in [6.07, 6.45) is 2.98. The van der Waals surface area contributed by atoms with Crippen LogP contribution in [0.3, 0.4) is 0 Å². The van der Waals surface area contributed by atoms with Gasteiger partial charge in [0.05, 0.1) is 24.1 Å². The number of hydrogen-bond donors (Lipinski definition) is 1. The van der Waals surface area contributed by atoms with Crippen molar-refractivity contribution >= 4 is 15.9 Å². The van der Waals surface area contributed by atoms with Crippen molar-refractivity contribution in [1.82, 2.24) is 9.37 Å². The molecule has 1 heterocycles. The van der Waals surface area contributed by atoms with Crippen LogP contribution in [-0.2, 0) is 14.9 Å². The highest BCUT2D eigenvalue weighted by atomic mass is 32.2. The van der Waals surface area contributed by atoms with Crippen LogP contribution in [0.1, 0.15) is 36.5 Å². The number of likely N-dealkylation sites (tertiary alicyclic amines) is 1. The molecule has 1 amide bonds. The van der Waals surface area contributed by atoms with Crippen LogP contribution in [-0.4, -0.2) is 56.5 Å². The topological polar surface area (TPSA) is 92.9 Å². The van der Waals surface area contributed by atoms with Gasteiger partial charge in [-0.1, -0.05) is 23.5 Å². The van der Waals surface area contributed by atoms with E-state index in [1.54, 1.807) is 12.1 Å². The molecule has 0 radical (unpaired) electrons. The van der Waals surface area contributed by atoms with E-state index in [9.17, 15) is 13.2 Å². The number of carbonyl (C=O) groups is 1. The molecule has 1 saturated heterocycles. The minimum atomic E-state index is -3.97. The maximum atomic E-state index is 12.9. The molecule has 1 aromatic rings. The van der Waals surface area contributed by atoms with Crippen molar-refractivity contribution in [3.8, 4) is 0 Å². The maximum Gasteiger partial charge on any atom is 0.265 e. The average Bonchev–Trinajstić information content (AvgIpc) is 2.99. The second-order valence-corrected chi connectivity index (χ2v) is 7.66. The Bertz CT molecular complexity index is 678. The normalized spacial score (nSPS) is 19.0. The van der Waals surface area contributed by atoms with Crippen LogP contribution in [0.15, 0.2) is 29.2 Å². The molecule has 0 spiro atoms. The zero-order valence-corrected chi connectivity index (χ0v) is 15.0. The third-order valence-electron chi connectivity index (χ3n) is 4.27. The Balaban J connectivity index is 2.28. The van der Waals surface area contributed by atoms with E-state index in [1.165, 1.54) is 19.2 Å². The molecular weight excluding hydrogens is 330 g/mol. The van der Waals surface area contributed by atoms with Gasteiger partial charge in [-0.05, 0) is 44.5 Å². The fourth-order valence-corrected chi connectivity index (χ4v) is 4.61. The molecule has 7 nitrogen and oxygen atoms in total. The van der Waals surface area contributed by atoms with Gasteiger partial charge >= 0.3 is 0 Å². The number of benzene rings is 1. The molecule has 1 atom stereocenters. The number of rotatable bonds is 8. The highest BCUT2D eigenvalue weighted by Gasteiger charge is 2.33. The van der Waals surface area contributed by atoms with Crippen molar-refractivity contribution in [2.75, 3.05) is 26.7 Å². The first-order valence-electron chi connectivity index (χ1n) is 8.11. The van der Waals surface area contributed by atoms with Crippen LogP contribution < -0.4 is 5.73 Å². The summed E-state index contributed by atoms with van der Waals surface area (Å²) < 4.78 is 26.8. The lowest BCUT2D eigenvalue weighted by Gasteiger charge is -2.29. The lowest BCUT2D eigenvalue weighted by Crippen LogP contribution is -2.43. The number of carbonyl (C=O) groups excluding carboxylic acids is 1. The van der Waals surface area contributed by atoms with Gasteiger partial charge in [-0.25, -0.2) is 8.42 Å². The SMILES string of the molecule is CCCN1CCCC1CN(OC)S(=O)(=O)c1ccccc1C(N)=O. The third-order valence-corrected chi connectivity index (χ3v) is 6.02. The first kappa shape index (κ1) is 18.9. The first-order valence-corrected chi connectivity index (χ1v) is 9.55. The molecule has 0 saturated carbocycles. The van der Waals surface area contributed by atoms with Crippen molar-refractivity contribution < 1.29 is 18.0 Å². The lowest BCUT2D eigenvalue weighted by molar-refractivity contribution is -0.0610. The van der Waals surface area contributed by atoms with E-state index in [1.807, 2.05) is 0 Å². The average molecular weight is 355 g/mol. The minimum absolute atomic E-state index is 0.0311. The second kappa shape index (κ2) is 8.06. The smallest absolute Gasteiger partial charge is 0.265 e. The van der Waals surface area contributed by atoms with E-state index in [0.717, 1.165) is 36.8 Å². The van der Waals surface area contributed by atoms with Crippen LogP contribution in [0.2, 0.25) is 0 Å². The van der Waals surface area contributed by atoms with Gasteiger partial charge in [-0.15, -0.1) is 0 Å². The number of hydroxylamine groups is 1. The molecule has 0 aliphatic carbocycles. The van der Waals surface area contributed by atoms with Crippen LogP contribution in [0.4, 0.5) is 0 Å². The highest BCUT2D eigenvalue weighted by Crippen LogP contribution is 2.24. The van der Waals surface area contributed by atoms with E-state index in [-0.39, 0.29) is 23.0 Å². The summed E-state index contributed by atoms with van der Waals surface area (Å²) in [5, 5.41) is 0. The fourth-order valence-electron chi connectivity index (χ4n) is 3.13. The molecule has 24 heavy (non-hydrogen) atoms. The van der Waals surface area contributed by atoms with E-state index in [0.29, 0.717) is 0 Å². The molecule has 1 fully saturated rings. The van der Waals surface area contributed by atoms with E-state index >= 15 is 0 Å². The summed E-state index contributed by atoms with van der Waals surface area (Å²) in [4.78, 5) is 18.9. The first-order chi connectivity index (χ1) is 11.4. The molecule has 134 valence electrons. The maximum absolute atomic E-state index is 12.9. The Morgan fingerprint density at radius 2 is 2.12 bits per heavy atom. The largest absolute Gasteiger partial charge is 0.366 e. The molecule has 1 unspecified atom stereocenters. The summed E-state index contributed by atoms with van der Waals surface area (Å²) in [5.41, 5.74) is 5.28. The number of nitrogens with two attached hydrogens (primary N) is 1. The number of hydrogen-bond acceptors (Lipinski definition) is 5. The van der Waals surface area contributed by atoms with Crippen molar-refractivity contribution in [3.63, 3.8) is 0 Å². The fraction of sp³-hybridized carbons (Fsp3) is 0.562. The number of nitrogens with zero attached hydrogens (tertiary/aromatic N) is 2. The Morgan fingerprint density at radius 3 is 2.75 bits per heavy atom. The van der Waals surface area contributed by atoms with E-state index in [2.05, 4.69) is 11.8 Å². The Kier molecular flexibility index (Phi) is 6.34. The summed E-state index contributed by atoms with van der Waals surface area (Å²) >= 11 is 0. The lowest BCUT2D eigenvalue weighted by atomic mass is 10.2. The molecule has 1 aliphatic heterocycles. The molecule has 0 bridgehead atoms. The highest BCUT2D eigenvalue weighted by molar-refractivity contribution is 7.89. The third kappa shape index (κ3) is 3.94. The Labute approximate surface area is 143 Å². The van der Waals surface area contributed by atoms with Gasteiger partial charge in [0.15, 0.2) is 0 Å². The second-order valence-electron chi connectivity index (χ2n) is 5.87. The van der Waals surface area contributed by atoms with E-state index in [4.69, 9.17) is 10.6 Å². The van der Waals surface area contributed by atoms with Crippen LogP contribution in [0, 0.1) is 0 Å². The number of amides is 1. The zero-order chi connectivity index (χ0) is 17.7. The Morgan fingerprint density at radius 1 is 1.42 bits per heavy atom. The number of primary amides is 1. The van der Waals surface area contributed by atoms with Crippen molar-refractivity contribution in [3.05, 3.63) is 29.8 Å². The Hall–Kier alpha value is -1.48. The van der Waals surface area contributed by atoms with Gasteiger partial charge in [0.2, 0.25) is 5.91 Å². The van der Waals surface area contributed by atoms with E-state index < -0.39 is 15.9 Å². The van der Waals surface area contributed by atoms with Crippen LogP contribution in [0.5, 0.6) is 0 Å². The molecule has 0 aromatic heterocycles. The number of sulfonamides is 1. The molecule has 1 aliphatic rings. The van der Waals surface area contributed by atoms with Gasteiger partial charge in [0, 0.05) is 6.04 Å². The van der Waals surface area contributed by atoms with Crippen LogP contribution in [0.25, 0.3) is 0 Å². The van der Waals surface area contributed by atoms with Crippen molar-refractivity contribution in [2.45, 2.75) is 37.1 Å². The molecule has 8 heteroatoms. The zero-order valence-electron chi connectivity index (χ0n) is 14.1. The predicted molar refractivity (Wildman–Crippen MR) is 90.7 cm³/mol. The van der Waals surface area contributed by atoms with Crippen molar-refractivity contribution in [2.24, 2.45) is 5.73 Å². The van der Waals surface area contributed by atoms with Gasteiger partial charge in [-0.3, -0.25) is 14.5 Å². The summed E-state index contributed by atoms with van der Waals surface area (Å²) in [6.45, 7) is 4.23. The molecule has 2 rings (SSSR count). The standard InChI is InChI=1S/C16H25N3O4S/c1-3-10-18-11-6-7-13(18)12-19(23-2)24(21,22)15-9-5-4-8-14(15)16(17)20/h4-5,8-9,13H,3,6-7,10-12H2,1-2H3,(H2,17,20).